The number of nitrogens with one attached hydrogen (secondary N) is 1. The largest absolute Gasteiger partial charge is 0.490 e. The number of ether oxygens (including phenoxy) is 1. The van der Waals surface area contributed by atoms with Gasteiger partial charge in [0.05, 0.1) is 0 Å². The lowest BCUT2D eigenvalue weighted by molar-refractivity contribution is 0.129. The van der Waals surface area contributed by atoms with Crippen LogP contribution in [0.5, 0.6) is 5.75 Å². The molecule has 0 aliphatic carbocycles. The molecule has 27 heavy (non-hydrogen) atoms. The number of piperidine rings is 1. The van der Waals surface area contributed by atoms with E-state index in [-0.39, 0.29) is 18.1 Å². The van der Waals surface area contributed by atoms with Gasteiger partial charge in [0.15, 0.2) is 5.96 Å². The van der Waals surface area contributed by atoms with Crippen molar-refractivity contribution in [1.29, 1.82) is 0 Å². The molecule has 0 aromatic heterocycles. The van der Waals surface area contributed by atoms with Crippen LogP contribution in [0.25, 0.3) is 0 Å². The lowest BCUT2D eigenvalue weighted by Crippen LogP contribution is -2.48. The van der Waals surface area contributed by atoms with Crippen LogP contribution in [0.1, 0.15) is 52.9 Å². The Kier molecular flexibility index (Phi) is 8.92. The molecular weight excluding hydrogens is 338 g/mol. The Morgan fingerprint density at radius 1 is 1.19 bits per heavy atom. The van der Waals surface area contributed by atoms with E-state index in [1.54, 1.807) is 0 Å². The number of benzene rings is 1. The summed E-state index contributed by atoms with van der Waals surface area (Å²) in [7, 11) is 0. The number of hydrogen-bond acceptors (Lipinski definition) is 3. The monoisotopic (exact) mass is 375 g/mol. The highest BCUT2D eigenvalue weighted by Gasteiger charge is 2.27. The first kappa shape index (κ1) is 21.5. The maximum absolute atomic E-state index is 9.44. The number of guanidine groups is 1. The average Bonchev–Trinajstić information content (AvgIpc) is 2.71. The summed E-state index contributed by atoms with van der Waals surface area (Å²) in [6.07, 6.45) is 5.17. The zero-order valence-corrected chi connectivity index (χ0v) is 17.3. The minimum Gasteiger partial charge on any atom is -0.490 e. The maximum atomic E-state index is 9.44. The van der Waals surface area contributed by atoms with Crippen molar-refractivity contribution in [2.75, 3.05) is 32.8 Å². The predicted molar refractivity (Wildman–Crippen MR) is 112 cm³/mol. The molecule has 2 N–H and O–H groups in total. The van der Waals surface area contributed by atoms with Crippen molar-refractivity contribution in [1.82, 2.24) is 10.2 Å². The molecule has 1 fully saturated rings. The van der Waals surface area contributed by atoms with E-state index in [2.05, 4.69) is 31.0 Å². The fraction of sp³-hybridized carbons (Fsp3) is 0.682. The first-order chi connectivity index (χ1) is 13.2. The molecule has 0 atom stereocenters. The summed E-state index contributed by atoms with van der Waals surface area (Å²) in [5.41, 5.74) is 0.101. The number of aliphatic hydroxyl groups excluding tert-OH is 1. The molecule has 5 heteroatoms. The zero-order valence-electron chi connectivity index (χ0n) is 17.3. The van der Waals surface area contributed by atoms with Gasteiger partial charge in [-0.3, -0.25) is 4.99 Å². The van der Waals surface area contributed by atoms with Gasteiger partial charge in [-0.1, -0.05) is 32.0 Å². The topological polar surface area (TPSA) is 57.1 Å². The number of hydrogen-bond donors (Lipinski definition) is 2. The number of rotatable bonds is 9. The van der Waals surface area contributed by atoms with Crippen LogP contribution in [-0.4, -0.2) is 54.9 Å². The molecular formula is C22H37N3O2. The van der Waals surface area contributed by atoms with E-state index < -0.39 is 0 Å². The van der Waals surface area contributed by atoms with E-state index in [0.29, 0.717) is 0 Å². The van der Waals surface area contributed by atoms with E-state index in [4.69, 9.17) is 9.73 Å². The standard InChI is InChI=1S/C22H37N3O2/c1-4-22(5-2,14-17-26)18-24-21(23-6-3)25-15-12-20(13-16-25)27-19-10-8-7-9-11-19/h7-11,20,26H,4-6,12-18H2,1-3H3,(H,23,24). The van der Waals surface area contributed by atoms with Gasteiger partial charge < -0.3 is 20.1 Å². The van der Waals surface area contributed by atoms with E-state index in [1.807, 2.05) is 30.3 Å². The molecule has 0 unspecified atom stereocenters. The van der Waals surface area contributed by atoms with Gasteiger partial charge in [-0.2, -0.15) is 0 Å². The molecule has 0 spiro atoms. The highest BCUT2D eigenvalue weighted by molar-refractivity contribution is 5.80. The van der Waals surface area contributed by atoms with Gasteiger partial charge in [0.25, 0.3) is 0 Å². The third-order valence-corrected chi connectivity index (χ3v) is 5.83. The summed E-state index contributed by atoms with van der Waals surface area (Å²) in [6.45, 7) is 10.3. The Bertz CT molecular complexity index is 550. The van der Waals surface area contributed by atoms with E-state index in [9.17, 15) is 5.11 Å². The van der Waals surface area contributed by atoms with Crippen LogP contribution in [0.4, 0.5) is 0 Å². The Morgan fingerprint density at radius 3 is 2.41 bits per heavy atom. The number of aliphatic hydroxyl groups is 1. The molecule has 1 aromatic rings. The van der Waals surface area contributed by atoms with Crippen LogP contribution in [0.2, 0.25) is 0 Å². The van der Waals surface area contributed by atoms with Gasteiger partial charge in [0.2, 0.25) is 0 Å². The van der Waals surface area contributed by atoms with Gasteiger partial charge in [0.1, 0.15) is 11.9 Å². The van der Waals surface area contributed by atoms with Crippen molar-refractivity contribution in [3.63, 3.8) is 0 Å². The second kappa shape index (κ2) is 11.2. The molecule has 1 aliphatic rings. The fourth-order valence-electron chi connectivity index (χ4n) is 3.69. The number of para-hydroxylation sites is 1. The van der Waals surface area contributed by atoms with Crippen molar-refractivity contribution in [2.24, 2.45) is 10.4 Å². The minimum absolute atomic E-state index is 0.101. The summed E-state index contributed by atoms with van der Waals surface area (Å²) in [5.74, 6) is 1.95. The average molecular weight is 376 g/mol. The van der Waals surface area contributed by atoms with Crippen LogP contribution in [0.3, 0.4) is 0 Å². The van der Waals surface area contributed by atoms with Crippen LogP contribution >= 0.6 is 0 Å². The third-order valence-electron chi connectivity index (χ3n) is 5.83. The summed E-state index contributed by atoms with van der Waals surface area (Å²) in [4.78, 5) is 7.31. The second-order valence-electron chi connectivity index (χ2n) is 7.47. The smallest absolute Gasteiger partial charge is 0.193 e. The molecule has 152 valence electrons. The quantitative estimate of drug-likeness (QED) is 0.511. The highest BCUT2D eigenvalue weighted by Crippen LogP contribution is 2.31. The summed E-state index contributed by atoms with van der Waals surface area (Å²) in [6, 6.07) is 10.1. The van der Waals surface area contributed by atoms with E-state index >= 15 is 0 Å². The molecule has 1 aliphatic heterocycles. The second-order valence-corrected chi connectivity index (χ2v) is 7.47. The summed E-state index contributed by atoms with van der Waals surface area (Å²) < 4.78 is 6.11. The lowest BCUT2D eigenvalue weighted by atomic mass is 9.79. The lowest BCUT2D eigenvalue weighted by Gasteiger charge is -2.35. The summed E-state index contributed by atoms with van der Waals surface area (Å²) >= 11 is 0. The van der Waals surface area contributed by atoms with Crippen molar-refractivity contribution in [3.05, 3.63) is 30.3 Å². The zero-order chi connectivity index (χ0) is 19.5. The van der Waals surface area contributed by atoms with E-state index in [0.717, 1.165) is 70.0 Å². The van der Waals surface area contributed by atoms with Crippen LogP contribution in [0, 0.1) is 5.41 Å². The summed E-state index contributed by atoms with van der Waals surface area (Å²) in [5, 5.41) is 12.9. The van der Waals surface area contributed by atoms with Crippen molar-refractivity contribution < 1.29 is 9.84 Å². The first-order valence-corrected chi connectivity index (χ1v) is 10.5. The molecule has 0 radical (unpaired) electrons. The van der Waals surface area contributed by atoms with Crippen LogP contribution < -0.4 is 10.1 Å². The minimum atomic E-state index is 0.101. The van der Waals surface area contributed by atoms with Crippen LogP contribution in [0.15, 0.2) is 35.3 Å². The molecule has 2 rings (SSSR count). The Morgan fingerprint density at radius 2 is 1.85 bits per heavy atom. The van der Waals surface area contributed by atoms with E-state index in [1.165, 1.54) is 0 Å². The maximum Gasteiger partial charge on any atom is 0.193 e. The van der Waals surface area contributed by atoms with Crippen molar-refractivity contribution in [2.45, 2.75) is 59.0 Å². The normalized spacial score (nSPS) is 16.4. The number of nitrogens with zero attached hydrogens (tertiary/aromatic N) is 2. The molecule has 0 bridgehead atoms. The van der Waals surface area contributed by atoms with Gasteiger partial charge in [-0.05, 0) is 43.7 Å². The van der Waals surface area contributed by atoms with Gasteiger partial charge in [-0.25, -0.2) is 0 Å². The number of aliphatic imine (C=N–C) groups is 1. The fourth-order valence-corrected chi connectivity index (χ4v) is 3.69. The molecule has 0 amide bonds. The molecule has 1 aromatic carbocycles. The van der Waals surface area contributed by atoms with Crippen molar-refractivity contribution in [3.8, 4) is 5.75 Å². The van der Waals surface area contributed by atoms with Crippen LogP contribution in [-0.2, 0) is 0 Å². The Balaban J connectivity index is 1.94. The Labute approximate surface area is 164 Å². The van der Waals surface area contributed by atoms with Gasteiger partial charge in [0, 0.05) is 45.6 Å². The molecule has 0 saturated carbocycles. The first-order valence-electron chi connectivity index (χ1n) is 10.5. The SMILES string of the molecule is CCNC(=NCC(CC)(CC)CCO)N1CCC(Oc2ccccc2)CC1. The van der Waals surface area contributed by atoms with Crippen molar-refractivity contribution >= 4 is 5.96 Å². The predicted octanol–water partition coefficient (Wildman–Crippen LogP) is 3.68. The van der Waals surface area contributed by atoms with Gasteiger partial charge >= 0.3 is 0 Å². The molecule has 1 heterocycles. The molecule has 5 nitrogen and oxygen atoms in total. The van der Waals surface area contributed by atoms with Gasteiger partial charge in [-0.15, -0.1) is 0 Å². The molecule has 1 saturated heterocycles. The number of likely N-dealkylation sites (tertiary alicyclic amines) is 1. The Hall–Kier alpha value is -1.75. The third kappa shape index (κ3) is 6.42. The highest BCUT2D eigenvalue weighted by atomic mass is 16.5.